The third kappa shape index (κ3) is 8.10. The minimum atomic E-state index is -1.07. The van der Waals surface area contributed by atoms with Crippen molar-refractivity contribution in [3.63, 3.8) is 0 Å². The Labute approximate surface area is 370 Å². The van der Waals surface area contributed by atoms with Gasteiger partial charge in [0.25, 0.3) is 5.91 Å². The Hall–Kier alpha value is -6.34. The minimum Gasteiger partial charge on any atom is -0.478 e. The zero-order valence-electron chi connectivity index (χ0n) is 36.3. The summed E-state index contributed by atoms with van der Waals surface area (Å²) >= 11 is 1.62. The average molecular weight is 865 g/mol. The molecule has 0 saturated heterocycles. The molecule has 4 heterocycles. The number of carbonyl (C=O) groups excluding carboxylic acids is 3. The number of nitrogens with one attached hydrogen (secondary N) is 2. The fraction of sp³-hybridized carbons (Fsp3) is 0.360. The van der Waals surface area contributed by atoms with Crippen molar-refractivity contribution in [2.75, 3.05) is 16.8 Å². The van der Waals surface area contributed by atoms with Gasteiger partial charge in [0.2, 0.25) is 5.91 Å². The summed E-state index contributed by atoms with van der Waals surface area (Å²) in [6, 6.07) is 21.0. The number of aromatic nitrogens is 3. The lowest BCUT2D eigenvalue weighted by atomic mass is 9.75. The predicted molar refractivity (Wildman–Crippen MR) is 248 cm³/mol. The summed E-state index contributed by atoms with van der Waals surface area (Å²) < 4.78 is 8.38. The molecular formula is C50H52N6O6S. The van der Waals surface area contributed by atoms with Crippen LogP contribution in [0.5, 0.6) is 0 Å². The molecule has 0 atom stereocenters. The van der Waals surface area contributed by atoms with Gasteiger partial charge in [-0.15, -0.1) is 11.3 Å². The standard InChI is InChI=1S/C50H52N6O6S/c1-29-45(63-30(2)51-29)39-22-19-35-38(53-39)21-20-37-43(35)56(48(61)62-49(3,4)5)27-26-55-40-28-33(15-18-36(40)42(44(37)55)32-10-7-6-8-11-32)46(59)54-50(24-9-25-50)47(60)52-34-16-12-31(13-17-34)14-23-41(57)58/h12-23,28,32H,6-11,24-27H2,1-5H3,(H,52,60)(H,54,59)(H,57,58). The first kappa shape index (κ1) is 42.0. The number of aryl methyl sites for hydroxylation is 2. The quantitative estimate of drug-likeness (QED) is 0.128. The molecule has 3 aromatic heterocycles. The molecule has 0 spiro atoms. The molecule has 6 aromatic rings. The van der Waals surface area contributed by atoms with Gasteiger partial charge in [-0.3, -0.25) is 14.5 Å². The summed E-state index contributed by atoms with van der Waals surface area (Å²) in [7, 11) is 0. The van der Waals surface area contributed by atoms with Gasteiger partial charge < -0.3 is 25.0 Å². The van der Waals surface area contributed by atoms with Gasteiger partial charge in [-0.05, 0) is 138 Å². The zero-order valence-corrected chi connectivity index (χ0v) is 37.2. The Morgan fingerprint density at radius 2 is 1.63 bits per heavy atom. The summed E-state index contributed by atoms with van der Waals surface area (Å²) in [4.78, 5) is 66.0. The van der Waals surface area contributed by atoms with E-state index >= 15 is 0 Å². The molecule has 2 aliphatic carbocycles. The van der Waals surface area contributed by atoms with Crippen LogP contribution in [0.15, 0.2) is 72.8 Å². The van der Waals surface area contributed by atoms with Crippen molar-refractivity contribution < 1.29 is 29.0 Å². The van der Waals surface area contributed by atoms with E-state index in [9.17, 15) is 19.2 Å². The Kier molecular flexibility index (Phi) is 10.9. The summed E-state index contributed by atoms with van der Waals surface area (Å²) in [6.45, 7) is 10.4. The topological polar surface area (TPSA) is 156 Å². The number of nitrogens with zero attached hydrogens (tertiary/aromatic N) is 4. The van der Waals surface area contributed by atoms with E-state index in [1.54, 1.807) is 40.5 Å². The smallest absolute Gasteiger partial charge is 0.414 e. The number of ether oxygens (including phenoxy) is 1. The molecule has 3 amide bonds. The van der Waals surface area contributed by atoms with E-state index in [2.05, 4.69) is 44.5 Å². The molecule has 2 fully saturated rings. The van der Waals surface area contributed by atoms with E-state index in [0.717, 1.165) is 98.2 Å². The number of carboxylic acid groups (broad SMARTS) is 1. The molecule has 3 aliphatic rings. The number of benzene rings is 3. The van der Waals surface area contributed by atoms with Gasteiger partial charge in [-0.25, -0.2) is 19.6 Å². The van der Waals surface area contributed by atoms with Crippen LogP contribution < -0.4 is 15.5 Å². The Morgan fingerprint density at radius 1 is 0.889 bits per heavy atom. The third-order valence-corrected chi connectivity index (χ3v) is 13.7. The molecule has 0 radical (unpaired) electrons. The first-order valence-corrected chi connectivity index (χ1v) is 22.7. The molecule has 0 bridgehead atoms. The largest absolute Gasteiger partial charge is 0.478 e. The maximum absolute atomic E-state index is 14.3. The number of pyridine rings is 1. The molecule has 3 N–H and O–H groups in total. The van der Waals surface area contributed by atoms with Crippen LogP contribution in [-0.2, 0) is 20.9 Å². The van der Waals surface area contributed by atoms with Gasteiger partial charge in [-0.2, -0.15) is 0 Å². The fourth-order valence-corrected chi connectivity index (χ4v) is 10.4. The Balaban J connectivity index is 1.12. The third-order valence-electron chi connectivity index (χ3n) is 12.6. The van der Waals surface area contributed by atoms with Crippen LogP contribution in [0.1, 0.15) is 110 Å². The molecule has 324 valence electrons. The predicted octanol–water partition coefficient (Wildman–Crippen LogP) is 10.8. The number of thiazole rings is 1. The van der Waals surface area contributed by atoms with Crippen molar-refractivity contribution in [2.45, 2.75) is 110 Å². The highest BCUT2D eigenvalue weighted by molar-refractivity contribution is 7.15. The van der Waals surface area contributed by atoms with E-state index in [4.69, 9.17) is 14.8 Å². The number of rotatable bonds is 8. The van der Waals surface area contributed by atoms with Crippen molar-refractivity contribution in [3.05, 3.63) is 100 Å². The van der Waals surface area contributed by atoms with Gasteiger partial charge in [0.05, 0.1) is 38.2 Å². The molecule has 1 aliphatic heterocycles. The van der Waals surface area contributed by atoms with E-state index < -0.39 is 23.2 Å². The second-order valence-electron chi connectivity index (χ2n) is 18.1. The van der Waals surface area contributed by atoms with E-state index in [0.29, 0.717) is 42.7 Å². The summed E-state index contributed by atoms with van der Waals surface area (Å²) in [5, 5.41) is 18.0. The molecule has 0 unspecified atom stereocenters. The van der Waals surface area contributed by atoms with Crippen molar-refractivity contribution in [1.82, 2.24) is 19.9 Å². The number of aliphatic carboxylic acids is 1. The molecule has 63 heavy (non-hydrogen) atoms. The summed E-state index contributed by atoms with van der Waals surface area (Å²) in [5.74, 6) is -1.38. The molecule has 12 nitrogen and oxygen atoms in total. The highest BCUT2D eigenvalue weighted by Crippen LogP contribution is 2.49. The van der Waals surface area contributed by atoms with E-state index in [1.807, 2.05) is 52.8 Å². The van der Waals surface area contributed by atoms with Crippen LogP contribution in [0.4, 0.5) is 16.2 Å². The average Bonchev–Trinajstić information content (AvgIpc) is 3.69. The highest BCUT2D eigenvalue weighted by Gasteiger charge is 2.46. The lowest BCUT2D eigenvalue weighted by Crippen LogP contribution is -2.61. The maximum atomic E-state index is 14.3. The monoisotopic (exact) mass is 864 g/mol. The summed E-state index contributed by atoms with van der Waals surface area (Å²) in [5.41, 5.74) is 7.32. The van der Waals surface area contributed by atoms with Crippen LogP contribution in [0.2, 0.25) is 0 Å². The first-order valence-electron chi connectivity index (χ1n) is 21.9. The second-order valence-corrected chi connectivity index (χ2v) is 19.3. The highest BCUT2D eigenvalue weighted by atomic mass is 32.1. The van der Waals surface area contributed by atoms with Gasteiger partial charge in [-0.1, -0.05) is 37.5 Å². The minimum absolute atomic E-state index is 0.288. The Morgan fingerprint density at radius 3 is 2.30 bits per heavy atom. The normalized spacial score (nSPS) is 16.3. The molecule has 3 aromatic carbocycles. The van der Waals surface area contributed by atoms with Crippen LogP contribution in [0.25, 0.3) is 49.7 Å². The van der Waals surface area contributed by atoms with E-state index in [-0.39, 0.29) is 17.7 Å². The number of hydrogen-bond donors (Lipinski definition) is 3. The lowest BCUT2D eigenvalue weighted by molar-refractivity contribution is -0.131. The van der Waals surface area contributed by atoms with E-state index in [1.165, 1.54) is 18.1 Å². The van der Waals surface area contributed by atoms with Crippen LogP contribution in [0, 0.1) is 13.8 Å². The molecule has 9 rings (SSSR count). The fourth-order valence-electron chi connectivity index (χ4n) is 9.55. The van der Waals surface area contributed by atoms with Gasteiger partial charge in [0, 0.05) is 52.3 Å². The lowest BCUT2D eigenvalue weighted by Gasteiger charge is -2.40. The number of hydrogen-bond acceptors (Lipinski definition) is 8. The first-order chi connectivity index (χ1) is 30.2. The van der Waals surface area contributed by atoms with Gasteiger partial charge >= 0.3 is 12.1 Å². The number of fused-ring (bicyclic) bond motifs is 7. The summed E-state index contributed by atoms with van der Waals surface area (Å²) in [6.07, 6.45) is 9.46. The van der Waals surface area contributed by atoms with Crippen molar-refractivity contribution in [1.29, 1.82) is 0 Å². The SMILES string of the molecule is Cc1nc(C)c(-c2ccc3c4c(ccc3n2)-c2c(C3CCCCC3)c3ccc(C(=O)NC5(C(=O)Nc6ccc(C=CC(=O)O)cc6)CCC5)cc3n2CCN4C(=O)OC(C)(C)C)s1. The number of carboxylic acids is 1. The number of anilines is 2. The van der Waals surface area contributed by atoms with Crippen LogP contribution >= 0.6 is 11.3 Å². The van der Waals surface area contributed by atoms with Crippen molar-refractivity contribution in [2.24, 2.45) is 0 Å². The second kappa shape index (κ2) is 16.4. The Bertz CT molecular complexity index is 2840. The molecule has 2 saturated carbocycles. The van der Waals surface area contributed by atoms with Crippen molar-refractivity contribution >= 4 is 74.5 Å². The molecular weight excluding hydrogens is 813 g/mol. The maximum Gasteiger partial charge on any atom is 0.414 e. The van der Waals surface area contributed by atoms with Gasteiger partial charge in [0.1, 0.15) is 11.1 Å². The zero-order chi connectivity index (χ0) is 44.2. The number of carbonyl (C=O) groups is 4. The number of amides is 3. The van der Waals surface area contributed by atoms with Crippen LogP contribution in [0.3, 0.4) is 0 Å². The van der Waals surface area contributed by atoms with Gasteiger partial charge in [0.15, 0.2) is 0 Å². The molecule has 13 heteroatoms. The van der Waals surface area contributed by atoms with Crippen LogP contribution in [-0.4, -0.2) is 61.2 Å². The van der Waals surface area contributed by atoms with Crippen molar-refractivity contribution in [3.8, 4) is 21.8 Å².